The van der Waals surface area contributed by atoms with E-state index in [1.807, 2.05) is 13.8 Å². The molecule has 1 atom stereocenters. The van der Waals surface area contributed by atoms with Gasteiger partial charge in [0.15, 0.2) is 0 Å². The number of nitrogens with one attached hydrogen (secondary N) is 1. The molecular formula is C11H14N2O4. The molecule has 0 saturated heterocycles. The van der Waals surface area contributed by atoms with Crippen LogP contribution in [0.3, 0.4) is 0 Å². The Morgan fingerprint density at radius 2 is 2.35 bits per heavy atom. The molecule has 0 fully saturated rings. The van der Waals surface area contributed by atoms with Crippen LogP contribution in [0.2, 0.25) is 0 Å². The van der Waals surface area contributed by atoms with Gasteiger partial charge in [0.2, 0.25) is 5.91 Å². The van der Waals surface area contributed by atoms with Gasteiger partial charge < -0.3 is 9.73 Å². The van der Waals surface area contributed by atoms with Gasteiger partial charge in [-0.15, -0.1) is 0 Å². The Balaban J connectivity index is 2.58. The van der Waals surface area contributed by atoms with Crippen LogP contribution in [0.4, 0.5) is 5.88 Å². The van der Waals surface area contributed by atoms with Crippen molar-refractivity contribution in [2.75, 3.05) is 0 Å². The molecule has 1 rings (SSSR count). The van der Waals surface area contributed by atoms with Gasteiger partial charge in [-0.2, -0.15) is 0 Å². The minimum Gasteiger partial charge on any atom is -0.401 e. The molecule has 92 valence electrons. The van der Waals surface area contributed by atoms with Crippen molar-refractivity contribution in [3.8, 4) is 0 Å². The third-order valence-electron chi connectivity index (χ3n) is 2.19. The maximum Gasteiger partial charge on any atom is 0.433 e. The highest BCUT2D eigenvalue weighted by atomic mass is 16.6. The maximum atomic E-state index is 11.4. The van der Waals surface area contributed by atoms with E-state index in [9.17, 15) is 14.9 Å². The fourth-order valence-corrected chi connectivity index (χ4v) is 1.08. The van der Waals surface area contributed by atoms with Crippen molar-refractivity contribution in [2.45, 2.75) is 26.3 Å². The Morgan fingerprint density at radius 3 is 2.88 bits per heavy atom. The summed E-state index contributed by atoms with van der Waals surface area (Å²) in [7, 11) is 0. The molecule has 1 aromatic heterocycles. The van der Waals surface area contributed by atoms with Gasteiger partial charge in [-0.25, -0.2) is 0 Å². The summed E-state index contributed by atoms with van der Waals surface area (Å²) in [5, 5.41) is 13.1. The maximum absolute atomic E-state index is 11.4. The lowest BCUT2D eigenvalue weighted by molar-refractivity contribution is -0.402. The summed E-state index contributed by atoms with van der Waals surface area (Å²) in [6.45, 7) is 3.86. The molecule has 1 unspecified atom stereocenters. The quantitative estimate of drug-likeness (QED) is 0.483. The van der Waals surface area contributed by atoms with Crippen molar-refractivity contribution in [3.05, 3.63) is 34.1 Å². The molecule has 0 aliphatic rings. The normalized spacial score (nSPS) is 12.6. The largest absolute Gasteiger partial charge is 0.433 e. The van der Waals surface area contributed by atoms with Crippen molar-refractivity contribution >= 4 is 17.9 Å². The first kappa shape index (κ1) is 13.0. The SMILES string of the molecule is CCC(C)NC(=O)C=Cc1ccc([N+](=O)[O-])o1. The summed E-state index contributed by atoms with van der Waals surface area (Å²) >= 11 is 0. The zero-order valence-electron chi connectivity index (χ0n) is 9.67. The molecule has 1 aromatic rings. The summed E-state index contributed by atoms with van der Waals surface area (Å²) in [5.74, 6) is -0.318. The number of nitrogens with zero attached hydrogens (tertiary/aromatic N) is 1. The second-order valence-corrected chi connectivity index (χ2v) is 3.58. The molecule has 0 aliphatic heterocycles. The number of nitro groups is 1. The second-order valence-electron chi connectivity index (χ2n) is 3.58. The number of amides is 1. The van der Waals surface area contributed by atoms with Crippen molar-refractivity contribution in [1.82, 2.24) is 5.32 Å². The molecule has 1 amide bonds. The van der Waals surface area contributed by atoms with Crippen molar-refractivity contribution in [3.63, 3.8) is 0 Å². The molecule has 0 spiro atoms. The summed E-state index contributed by atoms with van der Waals surface area (Å²) in [6, 6.07) is 2.77. The first-order valence-corrected chi connectivity index (χ1v) is 5.25. The van der Waals surface area contributed by atoms with E-state index < -0.39 is 4.92 Å². The fraction of sp³-hybridized carbons (Fsp3) is 0.364. The number of hydrogen-bond donors (Lipinski definition) is 1. The number of carbonyl (C=O) groups excluding carboxylic acids is 1. The first-order valence-electron chi connectivity index (χ1n) is 5.25. The van der Waals surface area contributed by atoms with Gasteiger partial charge in [-0.05, 0) is 25.5 Å². The summed E-state index contributed by atoms with van der Waals surface area (Å²) < 4.78 is 4.86. The zero-order chi connectivity index (χ0) is 12.8. The van der Waals surface area contributed by atoms with Crippen molar-refractivity contribution < 1.29 is 14.1 Å². The smallest absolute Gasteiger partial charge is 0.401 e. The van der Waals surface area contributed by atoms with Crippen molar-refractivity contribution in [1.29, 1.82) is 0 Å². The van der Waals surface area contributed by atoms with Gasteiger partial charge >= 0.3 is 5.88 Å². The van der Waals surface area contributed by atoms with E-state index in [2.05, 4.69) is 5.32 Å². The number of hydrogen-bond acceptors (Lipinski definition) is 4. The van der Waals surface area contributed by atoms with E-state index in [4.69, 9.17) is 4.42 Å². The van der Waals surface area contributed by atoms with E-state index in [0.29, 0.717) is 0 Å². The number of carbonyl (C=O) groups is 1. The summed E-state index contributed by atoms with van der Waals surface area (Å²) in [5.41, 5.74) is 0. The highest BCUT2D eigenvalue weighted by Gasteiger charge is 2.10. The van der Waals surface area contributed by atoms with Crippen LogP contribution in [0.5, 0.6) is 0 Å². The minimum atomic E-state index is -0.628. The van der Waals surface area contributed by atoms with Crippen LogP contribution >= 0.6 is 0 Å². The molecule has 0 aromatic carbocycles. The Morgan fingerprint density at radius 1 is 1.65 bits per heavy atom. The van der Waals surface area contributed by atoms with Gasteiger partial charge in [-0.3, -0.25) is 14.9 Å². The van der Waals surface area contributed by atoms with Crippen LogP contribution in [0, 0.1) is 10.1 Å². The molecule has 1 heterocycles. The third kappa shape index (κ3) is 4.10. The van der Waals surface area contributed by atoms with Crippen LogP contribution in [-0.2, 0) is 4.79 Å². The van der Waals surface area contributed by atoms with Crippen LogP contribution in [-0.4, -0.2) is 16.9 Å². The highest BCUT2D eigenvalue weighted by molar-refractivity contribution is 5.91. The predicted molar refractivity (Wildman–Crippen MR) is 62.3 cm³/mol. The average Bonchev–Trinajstić information content (AvgIpc) is 2.75. The standard InChI is InChI=1S/C11H14N2O4/c1-3-8(2)12-10(14)6-4-9-5-7-11(17-9)13(15)16/h4-8H,3H2,1-2H3,(H,12,14). The van der Waals surface area contributed by atoms with Gasteiger partial charge in [0.25, 0.3) is 0 Å². The molecule has 0 saturated carbocycles. The molecule has 17 heavy (non-hydrogen) atoms. The molecule has 6 heteroatoms. The minimum absolute atomic E-state index is 0.0955. The molecular weight excluding hydrogens is 224 g/mol. The van der Waals surface area contributed by atoms with Gasteiger partial charge in [0.05, 0.1) is 6.07 Å². The van der Waals surface area contributed by atoms with Crippen LogP contribution in [0.15, 0.2) is 22.6 Å². The average molecular weight is 238 g/mol. The molecule has 0 radical (unpaired) electrons. The van der Waals surface area contributed by atoms with E-state index in [0.717, 1.165) is 6.42 Å². The zero-order valence-corrected chi connectivity index (χ0v) is 9.67. The van der Waals surface area contributed by atoms with Crippen LogP contribution in [0.1, 0.15) is 26.0 Å². The molecule has 1 N–H and O–H groups in total. The summed E-state index contributed by atoms with van der Waals surface area (Å²) in [6.07, 6.45) is 3.52. The Hall–Kier alpha value is -2.11. The Labute approximate surface area is 98.5 Å². The van der Waals surface area contributed by atoms with Gasteiger partial charge in [0.1, 0.15) is 10.7 Å². The highest BCUT2D eigenvalue weighted by Crippen LogP contribution is 2.16. The number of furan rings is 1. The van der Waals surface area contributed by atoms with Crippen LogP contribution in [0.25, 0.3) is 6.08 Å². The topological polar surface area (TPSA) is 85.4 Å². The van der Waals surface area contributed by atoms with E-state index in [1.165, 1.54) is 24.3 Å². The second kappa shape index (κ2) is 5.83. The lowest BCUT2D eigenvalue weighted by atomic mass is 10.2. The first-order chi connectivity index (χ1) is 8.02. The van der Waals surface area contributed by atoms with Gasteiger partial charge in [0, 0.05) is 12.1 Å². The third-order valence-corrected chi connectivity index (χ3v) is 2.19. The number of rotatable bonds is 5. The molecule has 0 aliphatic carbocycles. The monoisotopic (exact) mass is 238 g/mol. The molecule has 6 nitrogen and oxygen atoms in total. The van der Waals surface area contributed by atoms with Gasteiger partial charge in [-0.1, -0.05) is 6.92 Å². The van der Waals surface area contributed by atoms with Crippen LogP contribution < -0.4 is 5.32 Å². The van der Waals surface area contributed by atoms with E-state index >= 15 is 0 Å². The Kier molecular flexibility index (Phi) is 4.45. The predicted octanol–water partition coefficient (Wildman–Crippen LogP) is 2.12. The van der Waals surface area contributed by atoms with E-state index in [-0.39, 0.29) is 23.6 Å². The Bertz CT molecular complexity index is 436. The molecule has 0 bridgehead atoms. The fourth-order valence-electron chi connectivity index (χ4n) is 1.08. The lowest BCUT2D eigenvalue weighted by Gasteiger charge is -2.07. The lowest BCUT2D eigenvalue weighted by Crippen LogP contribution is -2.30. The summed E-state index contributed by atoms with van der Waals surface area (Å²) in [4.78, 5) is 21.1. The van der Waals surface area contributed by atoms with Crippen molar-refractivity contribution in [2.24, 2.45) is 0 Å². The van der Waals surface area contributed by atoms with E-state index in [1.54, 1.807) is 0 Å².